The Kier molecular flexibility index (Phi) is 5.42. The fourth-order valence-electron chi connectivity index (χ4n) is 4.68. The zero-order valence-electron chi connectivity index (χ0n) is 17.4. The van der Waals surface area contributed by atoms with Crippen molar-refractivity contribution < 1.29 is 23.4 Å². The third-order valence-electron chi connectivity index (χ3n) is 5.88. The zero-order valence-corrected chi connectivity index (χ0v) is 18.2. The smallest absolute Gasteiger partial charge is 0.175 e. The molecule has 2 aromatic carbocycles. The molecule has 1 fully saturated rings. The minimum absolute atomic E-state index is 0.00466. The van der Waals surface area contributed by atoms with E-state index in [2.05, 4.69) is 24.1 Å². The zero-order chi connectivity index (χ0) is 21.6. The molecule has 4 rings (SSSR count). The molecule has 0 radical (unpaired) electrons. The average molecular weight is 433 g/mol. The lowest BCUT2D eigenvalue weighted by atomic mass is 10.0. The van der Waals surface area contributed by atoms with E-state index in [-0.39, 0.29) is 28.5 Å². The highest BCUT2D eigenvalue weighted by molar-refractivity contribution is 7.90. The number of aromatic hydroxyl groups is 2. The number of rotatable bonds is 4. The summed E-state index contributed by atoms with van der Waals surface area (Å²) in [5.74, 6) is 0.615. The van der Waals surface area contributed by atoms with Crippen LogP contribution >= 0.6 is 0 Å². The number of fused-ring (bicyclic) bond motifs is 1. The highest BCUT2D eigenvalue weighted by Gasteiger charge is 2.41. The van der Waals surface area contributed by atoms with Gasteiger partial charge in [0.05, 0.1) is 10.9 Å². The minimum atomic E-state index is -3.28. The second kappa shape index (κ2) is 7.76. The summed E-state index contributed by atoms with van der Waals surface area (Å²) in [5.41, 5.74) is 1.55. The molecule has 30 heavy (non-hydrogen) atoms. The van der Waals surface area contributed by atoms with Crippen LogP contribution in [0.2, 0.25) is 0 Å². The predicted octanol–water partition coefficient (Wildman–Crippen LogP) is 2.23. The average Bonchev–Trinajstić information content (AvgIpc) is 2.99. The Morgan fingerprint density at radius 3 is 2.30 bits per heavy atom. The number of piperazine rings is 1. The molecule has 0 aromatic heterocycles. The van der Waals surface area contributed by atoms with Gasteiger partial charge in [0.25, 0.3) is 0 Å². The highest BCUT2D eigenvalue weighted by Crippen LogP contribution is 2.44. The first-order chi connectivity index (χ1) is 14.1. The van der Waals surface area contributed by atoms with Gasteiger partial charge < -0.3 is 20.3 Å². The first-order valence-electron chi connectivity index (χ1n) is 10.1. The molecule has 3 N–H and O–H groups in total. The molecular weight excluding hydrogens is 404 g/mol. The van der Waals surface area contributed by atoms with Gasteiger partial charge in [0.15, 0.2) is 9.84 Å². The van der Waals surface area contributed by atoms with Crippen molar-refractivity contribution in [2.75, 3.05) is 19.3 Å². The summed E-state index contributed by atoms with van der Waals surface area (Å²) < 4.78 is 29.8. The predicted molar refractivity (Wildman–Crippen MR) is 114 cm³/mol. The van der Waals surface area contributed by atoms with Gasteiger partial charge in [-0.15, -0.1) is 0 Å². The summed E-state index contributed by atoms with van der Waals surface area (Å²) in [6, 6.07) is 10.0. The van der Waals surface area contributed by atoms with Crippen LogP contribution in [0.4, 0.5) is 0 Å². The van der Waals surface area contributed by atoms with Gasteiger partial charge in [-0.25, -0.2) is 8.42 Å². The van der Waals surface area contributed by atoms with Crippen molar-refractivity contribution in [2.24, 2.45) is 0 Å². The van der Waals surface area contributed by atoms with E-state index in [1.807, 2.05) is 0 Å². The number of phenolic OH excluding ortho intramolecular Hbond substituents is 2. The number of nitrogens with zero attached hydrogens (tertiary/aromatic N) is 1. The van der Waals surface area contributed by atoms with Crippen LogP contribution in [0.1, 0.15) is 31.1 Å². The molecule has 7 nitrogen and oxygen atoms in total. The lowest BCUT2D eigenvalue weighted by Crippen LogP contribution is -2.58. The van der Waals surface area contributed by atoms with E-state index in [1.165, 1.54) is 24.5 Å². The van der Waals surface area contributed by atoms with Gasteiger partial charge in [-0.3, -0.25) is 4.90 Å². The lowest BCUT2D eigenvalue weighted by molar-refractivity contribution is 0.0479. The third-order valence-corrected chi connectivity index (χ3v) is 7.01. The molecule has 4 atom stereocenters. The summed E-state index contributed by atoms with van der Waals surface area (Å²) in [6.07, 6.45) is 1.40. The van der Waals surface area contributed by atoms with E-state index < -0.39 is 9.84 Å². The van der Waals surface area contributed by atoms with Crippen molar-refractivity contribution in [3.63, 3.8) is 0 Å². The molecule has 2 aromatic rings. The van der Waals surface area contributed by atoms with Crippen molar-refractivity contribution in [3.8, 4) is 17.2 Å². The van der Waals surface area contributed by atoms with Gasteiger partial charge in [-0.2, -0.15) is 0 Å². The van der Waals surface area contributed by atoms with Crippen LogP contribution in [0.5, 0.6) is 17.2 Å². The molecule has 8 heteroatoms. The summed E-state index contributed by atoms with van der Waals surface area (Å²) >= 11 is 0. The Morgan fingerprint density at radius 1 is 1.07 bits per heavy atom. The Hall–Kier alpha value is -2.29. The van der Waals surface area contributed by atoms with Crippen LogP contribution in [0, 0.1) is 0 Å². The number of sulfone groups is 1. The van der Waals surface area contributed by atoms with Gasteiger partial charge in [-0.05, 0) is 50.6 Å². The van der Waals surface area contributed by atoms with E-state index in [0.29, 0.717) is 24.3 Å². The topological polar surface area (TPSA) is 99.1 Å². The molecule has 162 valence electrons. The van der Waals surface area contributed by atoms with Crippen LogP contribution in [0.25, 0.3) is 0 Å². The molecule has 1 aliphatic heterocycles. The Balaban J connectivity index is 1.68. The summed E-state index contributed by atoms with van der Waals surface area (Å²) in [5, 5.41) is 24.0. The van der Waals surface area contributed by atoms with Crippen molar-refractivity contribution in [1.82, 2.24) is 10.2 Å². The first-order valence-corrected chi connectivity index (χ1v) is 12.0. The molecule has 1 heterocycles. The number of nitrogens with one attached hydrogen (secondary N) is 1. The van der Waals surface area contributed by atoms with E-state index in [9.17, 15) is 18.6 Å². The summed E-state index contributed by atoms with van der Waals surface area (Å²) in [7, 11) is -3.28. The largest absolute Gasteiger partial charge is 0.508 e. The molecule has 0 bridgehead atoms. The number of benzene rings is 2. The molecule has 1 aliphatic carbocycles. The van der Waals surface area contributed by atoms with Gasteiger partial charge in [0, 0.05) is 48.6 Å². The fraction of sp³-hybridized carbons (Fsp3) is 0.455. The second-order valence-electron chi connectivity index (χ2n) is 8.51. The summed E-state index contributed by atoms with van der Waals surface area (Å²) in [4.78, 5) is 2.61. The third kappa shape index (κ3) is 4.12. The van der Waals surface area contributed by atoms with Crippen molar-refractivity contribution >= 4 is 9.84 Å². The lowest BCUT2D eigenvalue weighted by Gasteiger charge is -2.41. The Bertz CT molecular complexity index is 1030. The standard InChI is InChI=1S/C22H28N2O5S/c1-13-11-24(12-14(2)23-13)20-10-18-19(8-15(25)9-21(18)26)22(20)29-16-4-6-17(7-5-16)30(3,27)28/h4-9,13-14,20,22-23,25-26H,10-12H2,1-3H3. The molecule has 2 aliphatic rings. The highest BCUT2D eigenvalue weighted by atomic mass is 32.2. The van der Waals surface area contributed by atoms with Crippen LogP contribution in [0.3, 0.4) is 0 Å². The normalized spacial score (nSPS) is 27.0. The minimum Gasteiger partial charge on any atom is -0.508 e. The molecule has 0 amide bonds. The van der Waals surface area contributed by atoms with Crippen LogP contribution in [-0.4, -0.2) is 61.0 Å². The second-order valence-corrected chi connectivity index (χ2v) is 10.5. The van der Waals surface area contributed by atoms with Crippen molar-refractivity contribution in [3.05, 3.63) is 47.5 Å². The molecule has 4 unspecified atom stereocenters. The number of hydrogen-bond acceptors (Lipinski definition) is 7. The summed E-state index contributed by atoms with van der Waals surface area (Å²) in [6.45, 7) is 5.99. The van der Waals surface area contributed by atoms with Crippen LogP contribution in [0.15, 0.2) is 41.3 Å². The monoisotopic (exact) mass is 432 g/mol. The van der Waals surface area contributed by atoms with Gasteiger partial charge in [0.2, 0.25) is 0 Å². The molecule has 0 saturated carbocycles. The van der Waals surface area contributed by atoms with Crippen molar-refractivity contribution in [1.29, 1.82) is 0 Å². The number of phenols is 2. The Morgan fingerprint density at radius 2 is 1.70 bits per heavy atom. The van der Waals surface area contributed by atoms with Crippen molar-refractivity contribution in [2.45, 2.75) is 49.4 Å². The fourth-order valence-corrected chi connectivity index (χ4v) is 5.31. The quantitative estimate of drug-likeness (QED) is 0.681. The van der Waals surface area contributed by atoms with E-state index in [4.69, 9.17) is 4.74 Å². The molecular formula is C22H28N2O5S. The van der Waals surface area contributed by atoms with Gasteiger partial charge >= 0.3 is 0 Å². The van der Waals surface area contributed by atoms with E-state index >= 15 is 0 Å². The van der Waals surface area contributed by atoms with Gasteiger partial charge in [-0.1, -0.05) is 0 Å². The molecule has 0 spiro atoms. The van der Waals surface area contributed by atoms with E-state index in [0.717, 1.165) is 24.2 Å². The van der Waals surface area contributed by atoms with Crippen LogP contribution in [-0.2, 0) is 16.3 Å². The SMILES string of the molecule is CC1CN(C2Cc3c(O)cc(O)cc3C2Oc2ccc(S(C)(=O)=O)cc2)CC(C)N1. The maximum Gasteiger partial charge on any atom is 0.175 e. The number of hydrogen-bond donors (Lipinski definition) is 3. The maximum absolute atomic E-state index is 11.7. The molecule has 1 saturated heterocycles. The van der Waals surface area contributed by atoms with Crippen LogP contribution < -0.4 is 10.1 Å². The number of ether oxygens (including phenoxy) is 1. The first kappa shape index (κ1) is 21.0. The van der Waals surface area contributed by atoms with Gasteiger partial charge in [0.1, 0.15) is 23.4 Å². The Labute approximate surface area is 177 Å². The maximum atomic E-state index is 11.7. The van der Waals surface area contributed by atoms with E-state index in [1.54, 1.807) is 18.2 Å².